The van der Waals surface area contributed by atoms with Gasteiger partial charge in [-0.1, -0.05) is 23.8 Å². The highest BCUT2D eigenvalue weighted by Crippen LogP contribution is 2.33. The van der Waals surface area contributed by atoms with Crippen LogP contribution in [0.3, 0.4) is 0 Å². The van der Waals surface area contributed by atoms with Gasteiger partial charge in [-0.3, -0.25) is 4.79 Å². The number of nitrogens with zero attached hydrogens (tertiary/aromatic N) is 4. The molecule has 1 unspecified atom stereocenters. The second-order valence-corrected chi connectivity index (χ2v) is 12.0. The van der Waals surface area contributed by atoms with Gasteiger partial charge in [0.15, 0.2) is 5.13 Å². The first-order valence-electron chi connectivity index (χ1n) is 13.9. The second-order valence-electron chi connectivity index (χ2n) is 11.0. The number of likely N-dealkylation sites (tertiary alicyclic amines) is 2. The summed E-state index contributed by atoms with van der Waals surface area (Å²) in [6, 6.07) is 5.24. The van der Waals surface area contributed by atoms with E-state index in [1.807, 2.05) is 0 Å². The standard InChI is InChI=1S/C28H43N5OS/c1-21-18-22(2)26-25(19-21)35-28(30-26)33-15-6-8-23(20-33)27(34)29-11-7-12-31-16-9-24(10-17-31)32-13-4-3-5-14-32/h18-19,23-24H,3-17,20H2,1-2H3,(H,29,34). The maximum absolute atomic E-state index is 12.9. The zero-order valence-electron chi connectivity index (χ0n) is 21.7. The molecule has 3 saturated heterocycles. The van der Waals surface area contributed by atoms with Gasteiger partial charge in [-0.15, -0.1) is 0 Å². The summed E-state index contributed by atoms with van der Waals surface area (Å²) in [5, 5.41) is 4.32. The predicted octanol–water partition coefficient (Wildman–Crippen LogP) is 4.59. The van der Waals surface area contributed by atoms with Crippen LogP contribution < -0.4 is 10.2 Å². The summed E-state index contributed by atoms with van der Waals surface area (Å²) in [4.78, 5) is 25.6. The molecule has 3 aliphatic rings. The first-order chi connectivity index (χ1) is 17.1. The predicted molar refractivity (Wildman–Crippen MR) is 147 cm³/mol. The number of thiazole rings is 1. The Labute approximate surface area is 215 Å². The van der Waals surface area contributed by atoms with Crippen molar-refractivity contribution in [3.8, 4) is 0 Å². The fraction of sp³-hybridized carbons (Fsp3) is 0.714. The number of amides is 1. The minimum absolute atomic E-state index is 0.0684. The zero-order valence-corrected chi connectivity index (χ0v) is 22.5. The molecule has 0 saturated carbocycles. The first-order valence-corrected chi connectivity index (χ1v) is 14.8. The molecule has 1 N–H and O–H groups in total. The van der Waals surface area contributed by atoms with E-state index in [9.17, 15) is 4.79 Å². The van der Waals surface area contributed by atoms with E-state index in [1.54, 1.807) is 11.3 Å². The number of carbonyl (C=O) groups is 1. The van der Waals surface area contributed by atoms with Gasteiger partial charge in [-0.2, -0.15) is 0 Å². The zero-order chi connectivity index (χ0) is 24.2. The molecule has 3 fully saturated rings. The lowest BCUT2D eigenvalue weighted by molar-refractivity contribution is -0.125. The van der Waals surface area contributed by atoms with Gasteiger partial charge in [0.25, 0.3) is 0 Å². The third kappa shape index (κ3) is 6.17. The average Bonchev–Trinajstić information content (AvgIpc) is 3.32. The Balaban J connectivity index is 1.04. The van der Waals surface area contributed by atoms with Crippen LogP contribution in [-0.4, -0.2) is 79.1 Å². The van der Waals surface area contributed by atoms with E-state index in [2.05, 4.69) is 46.0 Å². The smallest absolute Gasteiger partial charge is 0.224 e. The normalized spacial score (nSPS) is 23.1. The first kappa shape index (κ1) is 25.0. The van der Waals surface area contributed by atoms with Crippen molar-refractivity contribution in [1.29, 1.82) is 0 Å². The van der Waals surface area contributed by atoms with Gasteiger partial charge in [0.1, 0.15) is 0 Å². The van der Waals surface area contributed by atoms with Crippen molar-refractivity contribution in [3.05, 3.63) is 23.3 Å². The number of benzene rings is 1. The van der Waals surface area contributed by atoms with Crippen LogP contribution in [0.4, 0.5) is 5.13 Å². The lowest BCUT2D eigenvalue weighted by atomic mass is 9.97. The molecule has 5 rings (SSSR count). The highest BCUT2D eigenvalue weighted by molar-refractivity contribution is 7.22. The van der Waals surface area contributed by atoms with E-state index in [-0.39, 0.29) is 11.8 Å². The van der Waals surface area contributed by atoms with Gasteiger partial charge < -0.3 is 20.0 Å². The number of carbonyl (C=O) groups excluding carboxylic acids is 1. The molecule has 1 aromatic heterocycles. The van der Waals surface area contributed by atoms with Gasteiger partial charge in [0.2, 0.25) is 5.91 Å². The van der Waals surface area contributed by atoms with E-state index in [4.69, 9.17) is 4.98 Å². The van der Waals surface area contributed by atoms with E-state index in [0.29, 0.717) is 0 Å². The Bertz CT molecular complexity index is 993. The number of nitrogens with one attached hydrogen (secondary N) is 1. The summed E-state index contributed by atoms with van der Waals surface area (Å²) in [5.41, 5.74) is 3.64. The van der Waals surface area contributed by atoms with Crippen molar-refractivity contribution in [2.75, 3.05) is 57.3 Å². The summed E-state index contributed by atoms with van der Waals surface area (Å²) in [7, 11) is 0. The number of fused-ring (bicyclic) bond motifs is 1. The third-order valence-corrected chi connectivity index (χ3v) is 9.36. The minimum Gasteiger partial charge on any atom is -0.356 e. The second kappa shape index (κ2) is 11.6. The molecule has 3 aliphatic heterocycles. The molecule has 7 heteroatoms. The number of piperidine rings is 3. The summed E-state index contributed by atoms with van der Waals surface area (Å²) in [6.07, 6.45) is 9.91. The van der Waals surface area contributed by atoms with Crippen molar-refractivity contribution in [3.63, 3.8) is 0 Å². The van der Waals surface area contributed by atoms with E-state index < -0.39 is 0 Å². The van der Waals surface area contributed by atoms with Crippen LogP contribution in [-0.2, 0) is 4.79 Å². The molecule has 0 bridgehead atoms. The molecule has 0 spiro atoms. The van der Waals surface area contributed by atoms with Gasteiger partial charge in [0, 0.05) is 25.7 Å². The van der Waals surface area contributed by atoms with E-state index in [1.165, 1.54) is 74.1 Å². The van der Waals surface area contributed by atoms with Crippen molar-refractivity contribution >= 4 is 32.6 Å². The fourth-order valence-corrected chi connectivity index (χ4v) is 7.49. The van der Waals surface area contributed by atoms with Crippen LogP contribution in [0.5, 0.6) is 0 Å². The lowest BCUT2D eigenvalue weighted by Gasteiger charge is -2.40. The number of rotatable bonds is 7. The molecule has 4 heterocycles. The molecule has 2 aromatic rings. The Morgan fingerprint density at radius 2 is 1.83 bits per heavy atom. The van der Waals surface area contributed by atoms with Crippen LogP contribution in [0.1, 0.15) is 62.5 Å². The SMILES string of the molecule is Cc1cc(C)c2nc(N3CCCC(C(=O)NCCCN4CCC(N5CCCCC5)CC4)C3)sc2c1. The largest absolute Gasteiger partial charge is 0.356 e. The molecule has 192 valence electrons. The molecular weight excluding hydrogens is 454 g/mol. The molecule has 35 heavy (non-hydrogen) atoms. The maximum atomic E-state index is 12.9. The van der Waals surface area contributed by atoms with E-state index >= 15 is 0 Å². The van der Waals surface area contributed by atoms with E-state index in [0.717, 1.165) is 62.1 Å². The van der Waals surface area contributed by atoms with Gasteiger partial charge >= 0.3 is 0 Å². The van der Waals surface area contributed by atoms with Crippen molar-refractivity contribution < 1.29 is 4.79 Å². The lowest BCUT2D eigenvalue weighted by Crippen LogP contribution is -2.47. The topological polar surface area (TPSA) is 51.7 Å². The van der Waals surface area contributed by atoms with Crippen LogP contribution in [0.15, 0.2) is 12.1 Å². The van der Waals surface area contributed by atoms with Gasteiger partial charge in [-0.05, 0) is 109 Å². The summed E-state index contributed by atoms with van der Waals surface area (Å²) >= 11 is 1.77. The fourth-order valence-electron chi connectivity index (χ4n) is 6.31. The molecule has 1 atom stereocenters. The summed E-state index contributed by atoms with van der Waals surface area (Å²) in [6.45, 7) is 13.0. The highest BCUT2D eigenvalue weighted by Gasteiger charge is 2.28. The monoisotopic (exact) mass is 497 g/mol. The Hall–Kier alpha value is -1.70. The Kier molecular flexibility index (Phi) is 8.25. The van der Waals surface area contributed by atoms with Crippen LogP contribution >= 0.6 is 11.3 Å². The maximum Gasteiger partial charge on any atom is 0.224 e. The molecule has 1 amide bonds. The molecule has 1 aromatic carbocycles. The number of anilines is 1. The van der Waals surface area contributed by atoms with Crippen LogP contribution in [0.25, 0.3) is 10.2 Å². The van der Waals surface area contributed by atoms with Gasteiger partial charge in [-0.25, -0.2) is 4.98 Å². The number of hydrogen-bond donors (Lipinski definition) is 1. The summed E-state index contributed by atoms with van der Waals surface area (Å²) < 4.78 is 1.25. The third-order valence-electron chi connectivity index (χ3n) is 8.30. The minimum atomic E-state index is 0.0684. The Morgan fingerprint density at radius 3 is 2.63 bits per heavy atom. The summed E-state index contributed by atoms with van der Waals surface area (Å²) in [5.74, 6) is 0.297. The van der Waals surface area contributed by atoms with Crippen molar-refractivity contribution in [1.82, 2.24) is 20.1 Å². The Morgan fingerprint density at radius 1 is 1.03 bits per heavy atom. The van der Waals surface area contributed by atoms with Crippen molar-refractivity contribution in [2.24, 2.45) is 5.92 Å². The quantitative estimate of drug-likeness (QED) is 0.567. The number of hydrogen-bond acceptors (Lipinski definition) is 6. The molecule has 0 aliphatic carbocycles. The van der Waals surface area contributed by atoms with Crippen LogP contribution in [0.2, 0.25) is 0 Å². The molecule has 0 radical (unpaired) electrons. The number of aryl methyl sites for hydroxylation is 2. The number of aromatic nitrogens is 1. The van der Waals surface area contributed by atoms with Crippen LogP contribution in [0, 0.1) is 19.8 Å². The molecular formula is C28H43N5OS. The van der Waals surface area contributed by atoms with Gasteiger partial charge in [0.05, 0.1) is 16.1 Å². The molecule has 6 nitrogen and oxygen atoms in total. The average molecular weight is 498 g/mol. The highest BCUT2D eigenvalue weighted by atomic mass is 32.1. The van der Waals surface area contributed by atoms with Crippen molar-refractivity contribution in [2.45, 2.75) is 71.3 Å².